The number of nitrogens with zero attached hydrogens (tertiary/aromatic N) is 3. The fourth-order valence-electron chi connectivity index (χ4n) is 3.36. The Morgan fingerprint density at radius 2 is 2.11 bits per heavy atom. The Labute approximate surface area is 212 Å². The normalized spacial score (nSPS) is 12.9. The van der Waals surface area contributed by atoms with E-state index in [1.807, 2.05) is 16.9 Å². The van der Waals surface area contributed by atoms with Gasteiger partial charge in [0.2, 0.25) is 0 Å². The second-order valence-electron chi connectivity index (χ2n) is 7.80. The molecule has 36 heavy (non-hydrogen) atoms. The number of benzene rings is 1. The molecule has 0 aliphatic heterocycles. The standard InChI is InChI=1S/C25H29F2N5O3S/c1-4-25(26,27)35-19-9-7-18(8-10-19)22-16-36-24(32(22)14-6-12-30-17(3)33)31-23(34)20-15-28-13-11-21(20)29-5-2/h4,7-11,13,15-17,30,33H,1,5-6,12,14H2,2-3H3,(H,28,29). The maximum absolute atomic E-state index is 13.5. The number of carbonyl (C=O) groups is 1. The molecule has 192 valence electrons. The Balaban J connectivity index is 1.95. The van der Waals surface area contributed by atoms with E-state index in [2.05, 4.69) is 31.9 Å². The van der Waals surface area contributed by atoms with Crippen LogP contribution in [0, 0.1) is 0 Å². The number of halogens is 2. The number of hydrogen-bond donors (Lipinski definition) is 3. The molecule has 0 bridgehead atoms. The van der Waals surface area contributed by atoms with Gasteiger partial charge in [-0.3, -0.25) is 15.1 Å². The first-order valence-electron chi connectivity index (χ1n) is 11.4. The topological polar surface area (TPSA) is 101 Å². The van der Waals surface area contributed by atoms with Gasteiger partial charge < -0.3 is 19.7 Å². The van der Waals surface area contributed by atoms with Gasteiger partial charge in [0, 0.05) is 36.9 Å². The Hall–Kier alpha value is -3.41. The quantitative estimate of drug-likeness (QED) is 0.189. The van der Waals surface area contributed by atoms with E-state index in [1.165, 1.54) is 29.7 Å². The van der Waals surface area contributed by atoms with Crippen LogP contribution >= 0.6 is 11.3 Å². The molecule has 3 aromatic rings. The van der Waals surface area contributed by atoms with Crippen molar-refractivity contribution in [2.45, 2.75) is 39.1 Å². The van der Waals surface area contributed by atoms with Crippen molar-refractivity contribution in [1.29, 1.82) is 0 Å². The Kier molecular flexibility index (Phi) is 9.45. The number of alkyl halides is 2. The fourth-order valence-corrected chi connectivity index (χ4v) is 4.30. The number of anilines is 1. The number of aliphatic hydroxyl groups excluding tert-OH is 1. The fraction of sp³-hybridized carbons (Fsp3) is 0.320. The van der Waals surface area contributed by atoms with E-state index in [9.17, 15) is 18.7 Å². The zero-order valence-corrected chi connectivity index (χ0v) is 20.9. The van der Waals surface area contributed by atoms with Crippen LogP contribution in [0.1, 0.15) is 30.6 Å². The van der Waals surface area contributed by atoms with Gasteiger partial charge >= 0.3 is 6.11 Å². The van der Waals surface area contributed by atoms with Gasteiger partial charge in [0.05, 0.1) is 16.9 Å². The van der Waals surface area contributed by atoms with Crippen LogP contribution in [0.5, 0.6) is 5.75 Å². The highest BCUT2D eigenvalue weighted by molar-refractivity contribution is 7.07. The Bertz CT molecular complexity index is 1240. The van der Waals surface area contributed by atoms with Gasteiger partial charge in [-0.15, -0.1) is 11.3 Å². The van der Waals surface area contributed by atoms with Crippen molar-refractivity contribution in [3.63, 3.8) is 0 Å². The van der Waals surface area contributed by atoms with Crippen LogP contribution in [0.4, 0.5) is 14.5 Å². The minimum Gasteiger partial charge on any atom is -0.429 e. The molecule has 0 fully saturated rings. The summed E-state index contributed by atoms with van der Waals surface area (Å²) in [6, 6.07) is 7.95. The van der Waals surface area contributed by atoms with Gasteiger partial charge in [0.1, 0.15) is 12.0 Å². The summed E-state index contributed by atoms with van der Waals surface area (Å²) in [4.78, 5) is 21.9. The van der Waals surface area contributed by atoms with Crippen molar-refractivity contribution >= 4 is 22.9 Å². The molecule has 0 saturated carbocycles. The predicted molar refractivity (Wildman–Crippen MR) is 136 cm³/mol. The van der Waals surface area contributed by atoms with E-state index in [-0.39, 0.29) is 5.75 Å². The largest absolute Gasteiger partial charge is 0.429 e. The second-order valence-corrected chi connectivity index (χ2v) is 8.64. The molecule has 1 unspecified atom stereocenters. The molecule has 0 saturated heterocycles. The Morgan fingerprint density at radius 3 is 2.78 bits per heavy atom. The molecule has 1 aromatic carbocycles. The highest BCUT2D eigenvalue weighted by Gasteiger charge is 2.26. The summed E-state index contributed by atoms with van der Waals surface area (Å²) < 4.78 is 33.5. The summed E-state index contributed by atoms with van der Waals surface area (Å²) in [6.45, 7) is 8.33. The number of thiazole rings is 1. The number of ether oxygens (including phenoxy) is 1. The highest BCUT2D eigenvalue weighted by atomic mass is 32.1. The van der Waals surface area contributed by atoms with Gasteiger partial charge in [-0.25, -0.2) is 0 Å². The number of carbonyl (C=O) groups excluding carboxylic acids is 1. The molecule has 11 heteroatoms. The van der Waals surface area contributed by atoms with Crippen LogP contribution in [-0.4, -0.2) is 46.0 Å². The zero-order chi connectivity index (χ0) is 26.1. The minimum atomic E-state index is -3.47. The third-order valence-corrected chi connectivity index (χ3v) is 5.92. The van der Waals surface area contributed by atoms with Crippen molar-refractivity contribution in [3.8, 4) is 17.0 Å². The highest BCUT2D eigenvalue weighted by Crippen LogP contribution is 2.27. The van der Waals surface area contributed by atoms with Crippen LogP contribution in [0.25, 0.3) is 11.3 Å². The first-order chi connectivity index (χ1) is 17.2. The molecular formula is C25H29F2N5O3S. The maximum atomic E-state index is 13.5. The molecule has 3 rings (SSSR count). The molecule has 8 nitrogen and oxygen atoms in total. The van der Waals surface area contributed by atoms with E-state index >= 15 is 0 Å². The Morgan fingerprint density at radius 1 is 1.36 bits per heavy atom. The third kappa shape index (κ3) is 7.30. The maximum Gasteiger partial charge on any atom is 0.419 e. The average molecular weight is 518 g/mol. The molecule has 3 N–H and O–H groups in total. The summed E-state index contributed by atoms with van der Waals surface area (Å²) >= 11 is 1.30. The smallest absolute Gasteiger partial charge is 0.419 e. The predicted octanol–water partition coefficient (Wildman–Crippen LogP) is 4.26. The lowest BCUT2D eigenvalue weighted by Crippen LogP contribution is -2.28. The molecular weight excluding hydrogens is 488 g/mol. The second kappa shape index (κ2) is 12.5. The number of aliphatic hydroxyl groups is 1. The number of hydrogen-bond acceptors (Lipinski definition) is 7. The molecule has 2 aromatic heterocycles. The van der Waals surface area contributed by atoms with Crippen LogP contribution in [0.3, 0.4) is 0 Å². The van der Waals surface area contributed by atoms with Crippen molar-refractivity contribution in [3.05, 3.63) is 71.1 Å². The lowest BCUT2D eigenvalue weighted by Gasteiger charge is -2.14. The molecule has 1 atom stereocenters. The van der Waals surface area contributed by atoms with Crippen molar-refractivity contribution in [2.75, 3.05) is 18.4 Å². The summed E-state index contributed by atoms with van der Waals surface area (Å²) in [5.74, 6) is -0.433. The SMILES string of the molecule is C=CC(F)(F)Oc1ccc(-c2csc(=NC(=O)c3cnccc3NCC)n2CCCNC(C)O)cc1. The zero-order valence-electron chi connectivity index (χ0n) is 20.1. The van der Waals surface area contributed by atoms with Crippen molar-refractivity contribution in [2.24, 2.45) is 4.99 Å². The van der Waals surface area contributed by atoms with E-state index in [0.29, 0.717) is 48.2 Å². The van der Waals surface area contributed by atoms with Gasteiger partial charge in [0.25, 0.3) is 5.91 Å². The van der Waals surface area contributed by atoms with Gasteiger partial charge in [-0.05, 0) is 62.7 Å². The number of pyridine rings is 1. The van der Waals surface area contributed by atoms with Gasteiger partial charge in [-0.1, -0.05) is 6.58 Å². The minimum absolute atomic E-state index is 0.000757. The third-order valence-electron chi connectivity index (χ3n) is 5.05. The molecule has 0 spiro atoms. The number of aromatic nitrogens is 2. The monoisotopic (exact) mass is 517 g/mol. The lowest BCUT2D eigenvalue weighted by atomic mass is 10.1. The average Bonchev–Trinajstić information content (AvgIpc) is 3.24. The van der Waals surface area contributed by atoms with E-state index in [1.54, 1.807) is 31.3 Å². The van der Waals surface area contributed by atoms with Crippen molar-refractivity contribution < 1.29 is 23.4 Å². The van der Waals surface area contributed by atoms with Gasteiger partial charge in [0.15, 0.2) is 4.80 Å². The van der Waals surface area contributed by atoms with E-state index in [4.69, 9.17) is 0 Å². The first kappa shape index (κ1) is 27.2. The summed E-state index contributed by atoms with van der Waals surface area (Å²) in [5.41, 5.74) is 2.52. The summed E-state index contributed by atoms with van der Waals surface area (Å²) in [6.07, 6.45) is 0.0599. The molecule has 0 aliphatic rings. The molecule has 1 amide bonds. The summed E-state index contributed by atoms with van der Waals surface area (Å²) in [7, 11) is 0. The van der Waals surface area contributed by atoms with Crippen LogP contribution in [-0.2, 0) is 6.54 Å². The molecule has 2 heterocycles. The van der Waals surface area contributed by atoms with Crippen LogP contribution < -0.4 is 20.2 Å². The molecule has 0 aliphatic carbocycles. The first-order valence-corrected chi connectivity index (χ1v) is 12.3. The lowest BCUT2D eigenvalue weighted by molar-refractivity contribution is -0.131. The van der Waals surface area contributed by atoms with E-state index in [0.717, 1.165) is 11.3 Å². The number of nitrogens with one attached hydrogen (secondary N) is 2. The van der Waals surface area contributed by atoms with Crippen LogP contribution in [0.2, 0.25) is 0 Å². The number of rotatable bonds is 12. The van der Waals surface area contributed by atoms with E-state index < -0.39 is 18.2 Å². The number of amides is 1. The molecule has 0 radical (unpaired) electrons. The van der Waals surface area contributed by atoms with Gasteiger partial charge in [-0.2, -0.15) is 13.8 Å². The summed E-state index contributed by atoms with van der Waals surface area (Å²) in [5, 5.41) is 17.4. The van der Waals surface area contributed by atoms with Crippen LogP contribution in [0.15, 0.2) is 65.8 Å². The van der Waals surface area contributed by atoms with Crippen molar-refractivity contribution in [1.82, 2.24) is 14.9 Å².